The van der Waals surface area contributed by atoms with E-state index in [0.717, 1.165) is 28.9 Å². The number of carbonyl (C=O) groups is 1. The highest BCUT2D eigenvalue weighted by molar-refractivity contribution is 6.32. The van der Waals surface area contributed by atoms with E-state index in [1.807, 2.05) is 30.3 Å². The number of alkyl halides is 3. The summed E-state index contributed by atoms with van der Waals surface area (Å²) < 4.78 is 39.1. The molecule has 1 aliphatic rings. The molecule has 7 nitrogen and oxygen atoms in total. The van der Waals surface area contributed by atoms with Gasteiger partial charge in [-0.15, -0.1) is 0 Å². The Bertz CT molecular complexity index is 1480. The molecule has 1 aromatic heterocycles. The van der Waals surface area contributed by atoms with Crippen LogP contribution in [-0.2, 0) is 19.0 Å². The van der Waals surface area contributed by atoms with E-state index in [1.54, 1.807) is 12.1 Å². The standard InChI is InChI=1S/C26H20ClF3N6O/c27-21-14-31-24-33-18-5-1-3-15(11-18)7-8-16-12-20(32-23(21)36-24)9-10-22(16)35-25(37)34-19-6-2-4-17(13-19)26(28,29)30/h1-6,9-14H,7-8H2,(H2,34,35,37)(H2,31,32,33,36). The van der Waals surface area contributed by atoms with E-state index in [4.69, 9.17) is 11.6 Å². The topological polar surface area (TPSA) is 91.0 Å². The van der Waals surface area contributed by atoms with E-state index in [0.29, 0.717) is 41.0 Å². The van der Waals surface area contributed by atoms with Crippen molar-refractivity contribution < 1.29 is 18.0 Å². The largest absolute Gasteiger partial charge is 0.416 e. The number of aryl methyl sites for hydroxylation is 2. The molecule has 11 heteroatoms. The number of fused-ring (bicyclic) bond motifs is 6. The maximum absolute atomic E-state index is 13.0. The first kappa shape index (κ1) is 24.4. The number of nitrogens with zero attached hydrogens (tertiary/aromatic N) is 2. The van der Waals surface area contributed by atoms with Gasteiger partial charge in [-0.25, -0.2) is 9.78 Å². The fourth-order valence-corrected chi connectivity index (χ4v) is 4.06. The van der Waals surface area contributed by atoms with Gasteiger partial charge in [0.1, 0.15) is 5.02 Å². The highest BCUT2D eigenvalue weighted by Gasteiger charge is 2.30. The van der Waals surface area contributed by atoms with Crippen LogP contribution in [0.3, 0.4) is 0 Å². The van der Waals surface area contributed by atoms with Crippen molar-refractivity contribution in [2.45, 2.75) is 19.0 Å². The SMILES string of the molecule is O=C(Nc1cccc(C(F)(F)F)c1)Nc1ccc2cc1CCc1cccc(c1)Nc1ncc(Cl)c(n1)N2. The van der Waals surface area contributed by atoms with Crippen molar-refractivity contribution >= 4 is 52.1 Å². The summed E-state index contributed by atoms with van der Waals surface area (Å²) >= 11 is 6.30. The van der Waals surface area contributed by atoms with Crippen LogP contribution in [0.5, 0.6) is 0 Å². The monoisotopic (exact) mass is 524 g/mol. The minimum Gasteiger partial charge on any atom is -0.339 e. The van der Waals surface area contributed by atoms with E-state index in [2.05, 4.69) is 31.2 Å². The number of halogens is 4. The quantitative estimate of drug-likeness (QED) is 0.220. The van der Waals surface area contributed by atoms with E-state index in [9.17, 15) is 18.0 Å². The number of aromatic nitrogens is 2. The summed E-state index contributed by atoms with van der Waals surface area (Å²) in [5, 5.41) is 11.9. The number of benzene rings is 3. The van der Waals surface area contributed by atoms with E-state index >= 15 is 0 Å². The molecule has 0 unspecified atom stereocenters. The van der Waals surface area contributed by atoms with Gasteiger partial charge < -0.3 is 21.3 Å². The number of hydrogen-bond acceptors (Lipinski definition) is 5. The lowest BCUT2D eigenvalue weighted by Gasteiger charge is -2.15. The second-order valence-corrected chi connectivity index (χ2v) is 8.78. The first-order valence-electron chi connectivity index (χ1n) is 11.3. The van der Waals surface area contributed by atoms with E-state index in [-0.39, 0.29) is 5.69 Å². The van der Waals surface area contributed by atoms with E-state index in [1.165, 1.54) is 18.3 Å². The van der Waals surface area contributed by atoms with Crippen molar-refractivity contribution in [3.8, 4) is 0 Å². The second kappa shape index (κ2) is 9.98. The van der Waals surface area contributed by atoms with Crippen LogP contribution in [-0.4, -0.2) is 16.0 Å². The third-order valence-corrected chi connectivity index (χ3v) is 5.95. The normalized spacial score (nSPS) is 12.6. The summed E-state index contributed by atoms with van der Waals surface area (Å²) in [4.78, 5) is 21.4. The van der Waals surface area contributed by atoms with Crippen LogP contribution in [0.1, 0.15) is 16.7 Å². The molecule has 3 aromatic carbocycles. The van der Waals surface area contributed by atoms with Gasteiger partial charge in [0.25, 0.3) is 0 Å². The fourth-order valence-electron chi connectivity index (χ4n) is 3.92. The van der Waals surface area contributed by atoms with Crippen molar-refractivity contribution in [1.82, 2.24) is 9.97 Å². The van der Waals surface area contributed by atoms with Crippen LogP contribution in [0.25, 0.3) is 0 Å². The molecule has 0 saturated carbocycles. The van der Waals surface area contributed by atoms with Gasteiger partial charge in [-0.3, -0.25) is 0 Å². The Morgan fingerprint density at radius 3 is 2.57 bits per heavy atom. The summed E-state index contributed by atoms with van der Waals surface area (Å²) in [6.45, 7) is 0. The van der Waals surface area contributed by atoms with Gasteiger partial charge in [0.2, 0.25) is 5.95 Å². The Hall–Kier alpha value is -4.31. The van der Waals surface area contributed by atoms with Crippen LogP contribution in [0.2, 0.25) is 5.02 Å². The maximum Gasteiger partial charge on any atom is 0.416 e. The van der Waals surface area contributed by atoms with Gasteiger partial charge in [-0.2, -0.15) is 18.2 Å². The molecule has 0 atom stereocenters. The number of amides is 2. The number of rotatable bonds is 2. The number of anilines is 6. The number of nitrogens with one attached hydrogen (secondary N) is 4. The van der Waals surface area contributed by atoms with Gasteiger partial charge in [0.15, 0.2) is 5.82 Å². The summed E-state index contributed by atoms with van der Waals surface area (Å²) in [6.07, 6.45) is -1.76. The lowest BCUT2D eigenvalue weighted by molar-refractivity contribution is -0.137. The first-order valence-corrected chi connectivity index (χ1v) is 11.6. The van der Waals surface area contributed by atoms with Gasteiger partial charge in [-0.05, 0) is 72.5 Å². The Kier molecular flexibility index (Phi) is 6.58. The molecule has 188 valence electrons. The molecule has 0 radical (unpaired) electrons. The van der Waals surface area contributed by atoms with Crippen molar-refractivity contribution in [2.24, 2.45) is 0 Å². The van der Waals surface area contributed by atoms with Crippen LogP contribution >= 0.6 is 11.6 Å². The lowest BCUT2D eigenvalue weighted by Crippen LogP contribution is -2.21. The zero-order valence-electron chi connectivity index (χ0n) is 19.2. The predicted molar refractivity (Wildman–Crippen MR) is 138 cm³/mol. The highest BCUT2D eigenvalue weighted by Crippen LogP contribution is 2.32. The average Bonchev–Trinajstić information content (AvgIpc) is 2.86. The number of hydrogen-bond donors (Lipinski definition) is 4. The molecule has 5 rings (SSSR count). The molecule has 0 fully saturated rings. The van der Waals surface area contributed by atoms with Gasteiger partial charge in [0.05, 0.1) is 11.8 Å². The van der Waals surface area contributed by atoms with E-state index < -0.39 is 17.8 Å². The Morgan fingerprint density at radius 1 is 0.919 bits per heavy atom. The Balaban J connectivity index is 1.43. The molecule has 1 aliphatic heterocycles. The van der Waals surface area contributed by atoms with Gasteiger partial charge in [-0.1, -0.05) is 29.8 Å². The summed E-state index contributed by atoms with van der Waals surface area (Å²) in [5.41, 5.74) is 3.08. The number of carbonyl (C=O) groups excluding carboxylic acids is 1. The second-order valence-electron chi connectivity index (χ2n) is 8.37. The van der Waals surface area contributed by atoms with Crippen molar-refractivity contribution in [3.05, 3.63) is 94.6 Å². The smallest absolute Gasteiger partial charge is 0.339 e. The summed E-state index contributed by atoms with van der Waals surface area (Å²) in [5.74, 6) is 0.789. The number of urea groups is 1. The van der Waals surface area contributed by atoms with Crippen LogP contribution in [0, 0.1) is 0 Å². The minimum absolute atomic E-state index is 0.0316. The predicted octanol–water partition coefficient (Wildman–Crippen LogP) is 7.38. The third-order valence-electron chi connectivity index (χ3n) is 5.67. The molecular weight excluding hydrogens is 505 g/mol. The molecule has 2 heterocycles. The molecule has 6 bridgehead atoms. The molecule has 37 heavy (non-hydrogen) atoms. The van der Waals surface area contributed by atoms with Crippen LogP contribution in [0.4, 0.5) is 52.5 Å². The zero-order valence-corrected chi connectivity index (χ0v) is 19.9. The maximum atomic E-state index is 13.0. The van der Waals surface area contributed by atoms with Crippen molar-refractivity contribution in [3.63, 3.8) is 0 Å². The molecule has 0 saturated heterocycles. The average molecular weight is 525 g/mol. The molecule has 0 spiro atoms. The molecule has 4 aromatic rings. The summed E-state index contributed by atoms with van der Waals surface area (Å²) in [7, 11) is 0. The molecular formula is C26H20ClF3N6O. The van der Waals surface area contributed by atoms with Crippen molar-refractivity contribution in [2.75, 3.05) is 21.3 Å². The zero-order chi connectivity index (χ0) is 26.0. The highest BCUT2D eigenvalue weighted by atomic mass is 35.5. The first-order chi connectivity index (χ1) is 17.7. The van der Waals surface area contributed by atoms with Crippen molar-refractivity contribution in [1.29, 1.82) is 0 Å². The Labute approximate surface area is 215 Å². The lowest BCUT2D eigenvalue weighted by atomic mass is 10.0. The summed E-state index contributed by atoms with van der Waals surface area (Å²) in [6, 6.07) is 16.9. The van der Waals surface area contributed by atoms with Gasteiger partial charge in [0, 0.05) is 22.7 Å². The third kappa shape index (κ3) is 5.92. The van der Waals surface area contributed by atoms with Crippen LogP contribution < -0.4 is 21.3 Å². The molecule has 4 N–H and O–H groups in total. The minimum atomic E-state index is -4.51. The molecule has 2 amide bonds. The molecule has 0 aliphatic carbocycles. The Morgan fingerprint density at radius 2 is 1.73 bits per heavy atom. The van der Waals surface area contributed by atoms with Crippen LogP contribution in [0.15, 0.2) is 72.9 Å². The fraction of sp³-hybridized carbons (Fsp3) is 0.115. The van der Waals surface area contributed by atoms with Gasteiger partial charge >= 0.3 is 12.2 Å².